The van der Waals surface area contributed by atoms with Gasteiger partial charge in [0, 0.05) is 10.0 Å². The highest BCUT2D eigenvalue weighted by molar-refractivity contribution is 9.10. The third-order valence-electron chi connectivity index (χ3n) is 2.81. The van der Waals surface area contributed by atoms with Gasteiger partial charge < -0.3 is 9.84 Å². The van der Waals surface area contributed by atoms with Crippen LogP contribution in [0.2, 0.25) is 0 Å². The van der Waals surface area contributed by atoms with Crippen LogP contribution in [-0.4, -0.2) is 8.90 Å². The molecule has 0 aromatic heterocycles. The van der Waals surface area contributed by atoms with E-state index in [0.717, 1.165) is 10.0 Å². The lowest BCUT2D eigenvalue weighted by molar-refractivity contribution is 0.174. The third kappa shape index (κ3) is 4.76. The second-order valence-electron chi connectivity index (χ2n) is 4.40. The fourth-order valence-corrected chi connectivity index (χ4v) is 2.51. The summed E-state index contributed by atoms with van der Waals surface area (Å²) in [4.78, 5) is 0. The van der Waals surface area contributed by atoms with Crippen LogP contribution in [0.4, 0.5) is 0 Å². The average Bonchev–Trinajstić information content (AvgIpc) is 2.45. The molecule has 0 saturated heterocycles. The van der Waals surface area contributed by atoms with Gasteiger partial charge in [-0.2, -0.15) is 0 Å². The zero-order valence-corrected chi connectivity index (χ0v) is 14.6. The second-order valence-corrected chi connectivity index (χ2v) is 7.69. The van der Waals surface area contributed by atoms with Gasteiger partial charge in [-0.1, -0.05) is 81.1 Å². The number of aliphatic hydroxyl groups excluding tert-OH is 1. The number of hydrogen-bond donors (Lipinski definition) is 1. The molecule has 2 rings (SSSR count). The Bertz CT molecular complexity index is 600. The van der Waals surface area contributed by atoms with Gasteiger partial charge in [-0.25, -0.2) is 0 Å². The van der Waals surface area contributed by atoms with Crippen molar-refractivity contribution in [3.63, 3.8) is 0 Å². The van der Waals surface area contributed by atoms with Crippen molar-refractivity contribution < 1.29 is 9.84 Å². The average molecular weight is 411 g/mol. The zero-order chi connectivity index (χ0) is 15.5. The lowest BCUT2D eigenvalue weighted by Gasteiger charge is -2.22. The predicted molar refractivity (Wildman–Crippen MR) is 90.2 cm³/mol. The van der Waals surface area contributed by atoms with Gasteiger partial charge in [0.25, 0.3) is 0 Å². The van der Waals surface area contributed by atoms with Crippen molar-refractivity contribution in [3.8, 4) is 5.75 Å². The smallest absolute Gasteiger partial charge is 0.220 e. The summed E-state index contributed by atoms with van der Waals surface area (Å²) in [5, 5.41) is 10.2. The Kier molecular flexibility index (Phi) is 5.81. The molecule has 6 heteroatoms. The van der Waals surface area contributed by atoms with Crippen molar-refractivity contribution in [2.45, 2.75) is 16.5 Å². The SMILES string of the molecule is O[C@@H](c1cc(Br)ccc1OCc1ccccc1)C(Cl)(Cl)Cl. The van der Waals surface area contributed by atoms with Crippen LogP contribution in [-0.2, 0) is 6.61 Å². The highest BCUT2D eigenvalue weighted by Gasteiger charge is 2.34. The van der Waals surface area contributed by atoms with Crippen LogP contribution < -0.4 is 4.74 Å². The number of alkyl halides is 3. The largest absolute Gasteiger partial charge is 0.489 e. The van der Waals surface area contributed by atoms with Crippen LogP contribution in [0, 0.1) is 0 Å². The number of aliphatic hydroxyl groups is 1. The van der Waals surface area contributed by atoms with Gasteiger partial charge in [-0.3, -0.25) is 0 Å². The van der Waals surface area contributed by atoms with Crippen molar-refractivity contribution in [2.24, 2.45) is 0 Å². The minimum absolute atomic E-state index is 0.363. The summed E-state index contributed by atoms with van der Waals surface area (Å²) in [6.07, 6.45) is -1.29. The molecule has 0 amide bonds. The maximum Gasteiger partial charge on any atom is 0.220 e. The molecule has 21 heavy (non-hydrogen) atoms. The van der Waals surface area contributed by atoms with Crippen molar-refractivity contribution >= 4 is 50.7 Å². The number of halogens is 4. The predicted octanol–water partition coefficient (Wildman–Crippen LogP) is 5.43. The van der Waals surface area contributed by atoms with Gasteiger partial charge in [-0.15, -0.1) is 0 Å². The standard InChI is InChI=1S/C15H12BrCl3O2/c16-11-6-7-13(12(8-11)14(20)15(17,18)19)21-9-10-4-2-1-3-5-10/h1-8,14,20H,9H2/t14-/m0/s1. The monoisotopic (exact) mass is 408 g/mol. The van der Waals surface area contributed by atoms with E-state index in [4.69, 9.17) is 39.5 Å². The molecule has 0 saturated carbocycles. The van der Waals surface area contributed by atoms with Crippen LogP contribution in [0.25, 0.3) is 0 Å². The number of benzene rings is 2. The molecule has 1 atom stereocenters. The third-order valence-corrected chi connectivity index (χ3v) is 3.93. The number of ether oxygens (including phenoxy) is 1. The molecule has 0 fully saturated rings. The van der Waals surface area contributed by atoms with E-state index in [1.807, 2.05) is 30.3 Å². The molecule has 0 heterocycles. The molecule has 2 aromatic carbocycles. The maximum absolute atomic E-state index is 10.2. The lowest BCUT2D eigenvalue weighted by atomic mass is 10.1. The molecule has 2 aromatic rings. The fourth-order valence-electron chi connectivity index (χ4n) is 1.78. The van der Waals surface area contributed by atoms with Crippen LogP contribution in [0.15, 0.2) is 53.0 Å². The van der Waals surface area contributed by atoms with Gasteiger partial charge in [0.2, 0.25) is 3.79 Å². The van der Waals surface area contributed by atoms with Crippen LogP contribution >= 0.6 is 50.7 Å². The van der Waals surface area contributed by atoms with E-state index >= 15 is 0 Å². The summed E-state index contributed by atoms with van der Waals surface area (Å²) < 4.78 is 4.67. The highest BCUT2D eigenvalue weighted by Crippen LogP contribution is 2.43. The topological polar surface area (TPSA) is 29.5 Å². The lowest BCUT2D eigenvalue weighted by Crippen LogP contribution is -2.17. The molecule has 0 bridgehead atoms. The minimum atomic E-state index is -1.83. The van der Waals surface area contributed by atoms with Gasteiger partial charge in [0.1, 0.15) is 18.5 Å². The molecule has 0 aliphatic rings. The van der Waals surface area contributed by atoms with Crippen molar-refractivity contribution in [1.29, 1.82) is 0 Å². The Hall–Kier alpha value is -0.450. The van der Waals surface area contributed by atoms with Gasteiger partial charge in [-0.05, 0) is 23.8 Å². The van der Waals surface area contributed by atoms with Crippen LogP contribution in [0.1, 0.15) is 17.2 Å². The molecular weight excluding hydrogens is 398 g/mol. The summed E-state index contributed by atoms with van der Waals surface area (Å²) in [6.45, 7) is 0.363. The Balaban J connectivity index is 2.23. The first-order valence-corrected chi connectivity index (χ1v) is 8.01. The quantitative estimate of drug-likeness (QED) is 0.681. The minimum Gasteiger partial charge on any atom is -0.489 e. The maximum atomic E-state index is 10.2. The van der Waals surface area contributed by atoms with Crippen molar-refractivity contribution in [3.05, 3.63) is 64.1 Å². The van der Waals surface area contributed by atoms with E-state index in [1.165, 1.54) is 0 Å². The highest BCUT2D eigenvalue weighted by atomic mass is 79.9. The molecule has 1 N–H and O–H groups in total. The summed E-state index contributed by atoms with van der Waals surface area (Å²) in [6, 6.07) is 14.9. The molecular formula is C15H12BrCl3O2. The van der Waals surface area contributed by atoms with Gasteiger partial charge >= 0.3 is 0 Å². The van der Waals surface area contributed by atoms with Crippen LogP contribution in [0.5, 0.6) is 5.75 Å². The first-order chi connectivity index (χ1) is 9.88. The first kappa shape index (κ1) is 16.9. The van der Waals surface area contributed by atoms with Crippen LogP contribution in [0.3, 0.4) is 0 Å². The number of hydrogen-bond acceptors (Lipinski definition) is 2. The van der Waals surface area contributed by atoms with E-state index in [-0.39, 0.29) is 0 Å². The Labute approximate surface area is 146 Å². The molecule has 0 spiro atoms. The van der Waals surface area contributed by atoms with E-state index in [1.54, 1.807) is 18.2 Å². The Morgan fingerprint density at radius 3 is 2.38 bits per heavy atom. The zero-order valence-electron chi connectivity index (χ0n) is 10.8. The number of rotatable bonds is 4. The summed E-state index contributed by atoms with van der Waals surface area (Å²) in [5.74, 6) is 0.473. The molecule has 112 valence electrons. The molecule has 0 aliphatic heterocycles. The normalized spacial score (nSPS) is 13.0. The molecule has 0 aliphatic carbocycles. The summed E-state index contributed by atoms with van der Waals surface area (Å²) in [5.41, 5.74) is 1.43. The van der Waals surface area contributed by atoms with E-state index in [2.05, 4.69) is 15.9 Å². The molecule has 0 radical (unpaired) electrons. The molecule has 0 unspecified atom stereocenters. The van der Waals surface area contributed by atoms with Gasteiger partial charge in [0.05, 0.1) is 0 Å². The van der Waals surface area contributed by atoms with E-state index in [9.17, 15) is 5.11 Å². The van der Waals surface area contributed by atoms with E-state index < -0.39 is 9.90 Å². The second kappa shape index (κ2) is 7.21. The summed E-state index contributed by atoms with van der Waals surface area (Å²) >= 11 is 20.6. The van der Waals surface area contributed by atoms with Crippen molar-refractivity contribution in [2.75, 3.05) is 0 Å². The Morgan fingerprint density at radius 1 is 1.10 bits per heavy atom. The van der Waals surface area contributed by atoms with Gasteiger partial charge in [0.15, 0.2) is 0 Å². The first-order valence-electron chi connectivity index (χ1n) is 6.09. The molecule has 2 nitrogen and oxygen atoms in total. The van der Waals surface area contributed by atoms with Crippen molar-refractivity contribution in [1.82, 2.24) is 0 Å². The summed E-state index contributed by atoms with van der Waals surface area (Å²) in [7, 11) is 0. The van der Waals surface area contributed by atoms with E-state index in [0.29, 0.717) is 17.9 Å². The Morgan fingerprint density at radius 2 is 1.76 bits per heavy atom. The fraction of sp³-hybridized carbons (Fsp3) is 0.200.